The molecule has 6 nitrogen and oxygen atoms in total. The first-order valence-corrected chi connectivity index (χ1v) is 11.9. The number of piperidine rings is 1. The highest BCUT2D eigenvalue weighted by molar-refractivity contribution is 6.06. The van der Waals surface area contributed by atoms with Crippen LogP contribution >= 0.6 is 0 Å². The van der Waals surface area contributed by atoms with Crippen molar-refractivity contribution < 1.29 is 14.4 Å². The van der Waals surface area contributed by atoms with E-state index in [1.165, 1.54) is 5.56 Å². The van der Waals surface area contributed by atoms with E-state index < -0.39 is 6.04 Å². The lowest BCUT2D eigenvalue weighted by Gasteiger charge is -2.29. The fraction of sp³-hybridized carbons (Fsp3) is 0.444. The maximum atomic E-state index is 13.0. The largest absolute Gasteiger partial charge is 0.323 e. The van der Waals surface area contributed by atoms with Crippen molar-refractivity contribution in [2.75, 3.05) is 19.6 Å². The normalized spacial score (nSPS) is 25.0. The zero-order chi connectivity index (χ0) is 23.4. The Labute approximate surface area is 196 Å². The summed E-state index contributed by atoms with van der Waals surface area (Å²) in [5.74, 6) is -0.373. The van der Waals surface area contributed by atoms with Crippen LogP contribution in [0.3, 0.4) is 0 Å². The van der Waals surface area contributed by atoms with Gasteiger partial charge in [-0.05, 0) is 68.8 Å². The summed E-state index contributed by atoms with van der Waals surface area (Å²) >= 11 is 0. The summed E-state index contributed by atoms with van der Waals surface area (Å²) in [6.45, 7) is 9.78. The lowest BCUT2D eigenvalue weighted by molar-refractivity contribution is -0.142. The molecule has 0 radical (unpaired) electrons. The molecule has 0 spiro atoms. The Balaban J connectivity index is 1.33. The number of allylic oxidation sites excluding steroid dienone is 2. The number of carbonyl (C=O) groups is 3. The van der Waals surface area contributed by atoms with Crippen LogP contribution in [0.4, 0.5) is 0 Å². The molecule has 0 bridgehead atoms. The molecule has 0 aliphatic carbocycles. The Hall–Kier alpha value is -2.99. The maximum absolute atomic E-state index is 13.0. The van der Waals surface area contributed by atoms with Crippen molar-refractivity contribution >= 4 is 17.7 Å². The predicted octanol–water partition coefficient (Wildman–Crippen LogP) is 3.37. The van der Waals surface area contributed by atoms with Gasteiger partial charge >= 0.3 is 0 Å². The van der Waals surface area contributed by atoms with Crippen LogP contribution in [0.5, 0.6) is 0 Å². The minimum Gasteiger partial charge on any atom is -0.323 e. The molecular weight excluding hydrogens is 414 g/mol. The summed E-state index contributed by atoms with van der Waals surface area (Å²) in [6.07, 6.45) is 7.81. The van der Waals surface area contributed by atoms with Gasteiger partial charge in [-0.25, -0.2) is 0 Å². The van der Waals surface area contributed by atoms with E-state index in [4.69, 9.17) is 0 Å². The fourth-order valence-corrected chi connectivity index (χ4v) is 5.05. The number of benzene rings is 1. The first kappa shape index (κ1) is 23.2. The van der Waals surface area contributed by atoms with Crippen LogP contribution in [0, 0.1) is 5.92 Å². The van der Waals surface area contributed by atoms with Gasteiger partial charge in [-0.2, -0.15) is 0 Å². The summed E-state index contributed by atoms with van der Waals surface area (Å²) in [4.78, 5) is 40.8. The molecule has 0 saturated carbocycles. The maximum Gasteiger partial charge on any atom is 0.254 e. The quantitative estimate of drug-likeness (QED) is 0.536. The molecule has 0 aromatic heterocycles. The number of nitrogens with one attached hydrogen (secondary N) is 1. The highest BCUT2D eigenvalue weighted by atomic mass is 16.2. The zero-order valence-electron chi connectivity index (χ0n) is 19.4. The Morgan fingerprint density at radius 1 is 1.12 bits per heavy atom. The second-order valence-corrected chi connectivity index (χ2v) is 9.39. The second-order valence-electron chi connectivity index (χ2n) is 9.39. The average Bonchev–Trinajstić information content (AvgIpc) is 2.94. The summed E-state index contributed by atoms with van der Waals surface area (Å²) < 4.78 is 0. The van der Waals surface area contributed by atoms with Gasteiger partial charge in [-0.1, -0.05) is 48.6 Å². The minimum atomic E-state index is -0.572. The average molecular weight is 448 g/mol. The van der Waals surface area contributed by atoms with Gasteiger partial charge in [0.1, 0.15) is 6.04 Å². The van der Waals surface area contributed by atoms with E-state index in [2.05, 4.69) is 47.1 Å². The van der Waals surface area contributed by atoms with Gasteiger partial charge in [0, 0.05) is 25.1 Å². The molecule has 174 valence electrons. The van der Waals surface area contributed by atoms with Crippen molar-refractivity contribution in [3.63, 3.8) is 0 Å². The van der Waals surface area contributed by atoms with Gasteiger partial charge in [0.15, 0.2) is 0 Å². The zero-order valence-corrected chi connectivity index (χ0v) is 19.4. The van der Waals surface area contributed by atoms with E-state index in [-0.39, 0.29) is 24.1 Å². The molecule has 1 aromatic rings. The third-order valence-corrected chi connectivity index (χ3v) is 7.00. The lowest BCUT2D eigenvalue weighted by Crippen LogP contribution is -2.53. The molecule has 2 saturated heterocycles. The first-order chi connectivity index (χ1) is 15.9. The van der Waals surface area contributed by atoms with Crippen molar-refractivity contribution in [2.24, 2.45) is 5.92 Å². The van der Waals surface area contributed by atoms with E-state index in [1.54, 1.807) is 4.90 Å². The van der Waals surface area contributed by atoms with Crippen LogP contribution in [0.2, 0.25) is 0 Å². The molecular formula is C27H33N3O3. The smallest absolute Gasteiger partial charge is 0.254 e. The highest BCUT2D eigenvalue weighted by Crippen LogP contribution is 2.28. The monoisotopic (exact) mass is 447 g/mol. The Morgan fingerprint density at radius 2 is 1.91 bits per heavy atom. The number of rotatable bonds is 6. The van der Waals surface area contributed by atoms with Crippen molar-refractivity contribution in [1.82, 2.24) is 15.1 Å². The van der Waals surface area contributed by atoms with Gasteiger partial charge in [-0.3, -0.25) is 24.6 Å². The third-order valence-electron chi connectivity index (χ3n) is 7.00. The van der Waals surface area contributed by atoms with E-state index in [0.29, 0.717) is 24.5 Å². The summed E-state index contributed by atoms with van der Waals surface area (Å²) in [6, 6.07) is 10.0. The number of hydrogen-bond acceptors (Lipinski definition) is 4. The number of nitrogens with zero attached hydrogens (tertiary/aromatic N) is 2. The standard InChI is InChI=1S/C27H33N3O3/c1-19(22-9-6-15-29(16-14-22)18-21-7-4-3-5-8-21)10-11-23-20(2)17-30(27(23)33)24-12-13-25(31)28-26(24)32/h3-5,7-8,10-11,22,24H,1,6,9,12-18H2,2H3,(H,28,31,32)/b11-10-/t22-,24+/m0/s1. The van der Waals surface area contributed by atoms with Gasteiger partial charge in [-0.15, -0.1) is 0 Å². The van der Waals surface area contributed by atoms with Crippen LogP contribution < -0.4 is 5.32 Å². The van der Waals surface area contributed by atoms with Gasteiger partial charge in [0.25, 0.3) is 5.91 Å². The number of imide groups is 1. The minimum absolute atomic E-state index is 0.138. The predicted molar refractivity (Wildman–Crippen MR) is 128 cm³/mol. The van der Waals surface area contributed by atoms with E-state index in [1.807, 2.05) is 19.1 Å². The Morgan fingerprint density at radius 3 is 2.67 bits per heavy atom. The van der Waals surface area contributed by atoms with E-state index >= 15 is 0 Å². The topological polar surface area (TPSA) is 69.7 Å². The van der Waals surface area contributed by atoms with Crippen LogP contribution in [0.25, 0.3) is 0 Å². The van der Waals surface area contributed by atoms with Crippen LogP contribution in [0.15, 0.2) is 65.8 Å². The molecule has 3 heterocycles. The molecule has 2 atom stereocenters. The molecule has 4 rings (SSSR count). The second kappa shape index (κ2) is 10.3. The van der Waals surface area contributed by atoms with Crippen LogP contribution in [0.1, 0.15) is 44.6 Å². The Kier molecular flexibility index (Phi) is 7.23. The highest BCUT2D eigenvalue weighted by Gasteiger charge is 2.38. The van der Waals surface area contributed by atoms with Gasteiger partial charge in [0.05, 0.1) is 0 Å². The SMILES string of the molecule is C=C(/C=C\C1=C(C)CN([C@@H]2CCC(=O)NC2=O)C1=O)[C@H]1CCCN(Cc2ccccc2)CC1. The molecule has 1 N–H and O–H groups in total. The Bertz CT molecular complexity index is 995. The van der Waals surface area contributed by atoms with Crippen LogP contribution in [-0.2, 0) is 20.9 Å². The molecule has 33 heavy (non-hydrogen) atoms. The summed E-state index contributed by atoms with van der Waals surface area (Å²) in [7, 11) is 0. The summed E-state index contributed by atoms with van der Waals surface area (Å²) in [5.41, 5.74) is 3.99. The molecule has 3 aliphatic heterocycles. The molecule has 1 aromatic carbocycles. The number of hydrogen-bond donors (Lipinski definition) is 1. The van der Waals surface area contributed by atoms with E-state index in [9.17, 15) is 14.4 Å². The molecule has 0 unspecified atom stereocenters. The number of carbonyl (C=O) groups excluding carboxylic acids is 3. The van der Waals surface area contributed by atoms with Crippen molar-refractivity contribution in [2.45, 2.75) is 51.6 Å². The lowest BCUT2D eigenvalue weighted by atomic mass is 9.92. The number of amides is 3. The van der Waals surface area contributed by atoms with E-state index in [0.717, 1.165) is 50.0 Å². The van der Waals surface area contributed by atoms with Crippen molar-refractivity contribution in [3.8, 4) is 0 Å². The van der Waals surface area contributed by atoms with Gasteiger partial charge in [0.2, 0.25) is 11.8 Å². The molecule has 2 fully saturated rings. The molecule has 6 heteroatoms. The number of likely N-dealkylation sites (tertiary alicyclic amines) is 1. The van der Waals surface area contributed by atoms with Crippen molar-refractivity contribution in [1.29, 1.82) is 0 Å². The fourth-order valence-electron chi connectivity index (χ4n) is 5.05. The van der Waals surface area contributed by atoms with Crippen molar-refractivity contribution in [3.05, 3.63) is 71.3 Å². The van der Waals surface area contributed by atoms with Crippen LogP contribution in [-0.4, -0.2) is 53.2 Å². The molecule has 3 amide bonds. The first-order valence-electron chi connectivity index (χ1n) is 11.9. The van der Waals surface area contributed by atoms with Gasteiger partial charge < -0.3 is 4.90 Å². The summed E-state index contributed by atoms with van der Waals surface area (Å²) in [5, 5.41) is 2.35. The molecule has 3 aliphatic rings. The third kappa shape index (κ3) is 5.50.